The highest BCUT2D eigenvalue weighted by molar-refractivity contribution is 7.16. The van der Waals surface area contributed by atoms with Crippen molar-refractivity contribution in [1.82, 2.24) is 19.9 Å². The van der Waals surface area contributed by atoms with Gasteiger partial charge in [-0.15, -0.1) is 5.10 Å². The lowest BCUT2D eigenvalue weighted by Gasteiger charge is -2.15. The van der Waals surface area contributed by atoms with Crippen LogP contribution in [0.25, 0.3) is 22.3 Å². The maximum atomic E-state index is 13.4. The number of nitrogens with zero attached hydrogens (tertiary/aromatic N) is 3. The third-order valence-electron chi connectivity index (χ3n) is 4.43. The van der Waals surface area contributed by atoms with Gasteiger partial charge in [-0.1, -0.05) is 36.8 Å². The Morgan fingerprint density at radius 2 is 2.00 bits per heavy atom. The van der Waals surface area contributed by atoms with Gasteiger partial charge in [-0.05, 0) is 37.1 Å². The lowest BCUT2D eigenvalue weighted by atomic mass is 10.1. The van der Waals surface area contributed by atoms with Gasteiger partial charge in [0.05, 0.1) is 10.7 Å². The zero-order valence-electron chi connectivity index (χ0n) is 16.1. The third-order valence-corrected chi connectivity index (χ3v) is 5.70. The first-order valence-electron chi connectivity index (χ1n) is 8.88. The number of alkyl halides is 3. The molecule has 11 heteroatoms. The van der Waals surface area contributed by atoms with Crippen LogP contribution in [0.15, 0.2) is 24.3 Å². The highest BCUT2D eigenvalue weighted by atomic mass is 35.5. The van der Waals surface area contributed by atoms with Crippen LogP contribution in [0.2, 0.25) is 5.02 Å². The molecule has 5 nitrogen and oxygen atoms in total. The molecule has 1 atom stereocenters. The number of halogens is 5. The van der Waals surface area contributed by atoms with Crippen LogP contribution in [0, 0.1) is 11.7 Å². The van der Waals surface area contributed by atoms with Crippen LogP contribution in [0.1, 0.15) is 31.5 Å². The Morgan fingerprint density at radius 1 is 1.30 bits per heavy atom. The van der Waals surface area contributed by atoms with Crippen molar-refractivity contribution in [2.75, 3.05) is 0 Å². The quantitative estimate of drug-likeness (QED) is 0.407. The molecule has 0 aliphatic carbocycles. The molecular weight excluding hydrogens is 444 g/mol. The van der Waals surface area contributed by atoms with Gasteiger partial charge in [-0.2, -0.15) is 13.2 Å². The summed E-state index contributed by atoms with van der Waals surface area (Å²) in [5.74, 6) is -0.791. The fourth-order valence-electron chi connectivity index (χ4n) is 2.50. The van der Waals surface area contributed by atoms with E-state index in [1.54, 1.807) is 0 Å². The van der Waals surface area contributed by atoms with Gasteiger partial charge in [0.25, 0.3) is 0 Å². The normalized spacial score (nSPS) is 13.5. The number of carbonyl (C=O) groups excluding carboxylic acids is 1. The second kappa shape index (κ2) is 8.35. The summed E-state index contributed by atoms with van der Waals surface area (Å²) in [5.41, 5.74) is 0.617. The Balaban J connectivity index is 2.09. The number of aromatic nitrogens is 3. The maximum Gasteiger partial charge on any atom is 0.445 e. The standard InChI is InChI=1S/C19H17ClF4N4OS/c1-9(2)10(3)25-15(29)7-6-14-16(12-5-4-11(21)8-13(12)20)26-18-28(14)27-17(30-18)19(22,23)24/h4-10H,1-3H3,(H,25,29). The van der Waals surface area contributed by atoms with Crippen LogP contribution >= 0.6 is 22.9 Å². The maximum absolute atomic E-state index is 13.4. The monoisotopic (exact) mass is 460 g/mol. The predicted molar refractivity (Wildman–Crippen MR) is 108 cm³/mol. The number of nitrogens with one attached hydrogen (secondary N) is 1. The average molecular weight is 461 g/mol. The molecule has 1 aromatic carbocycles. The minimum Gasteiger partial charge on any atom is -0.350 e. The van der Waals surface area contributed by atoms with Crippen molar-refractivity contribution >= 4 is 39.9 Å². The molecular formula is C19H17ClF4N4OS. The molecule has 0 spiro atoms. The SMILES string of the molecule is CC(C)C(C)NC(=O)C=Cc1c(-c2ccc(F)cc2Cl)nc2sc(C(F)(F)F)nn12. The van der Waals surface area contributed by atoms with E-state index in [4.69, 9.17) is 11.6 Å². The third kappa shape index (κ3) is 4.65. The van der Waals surface area contributed by atoms with Crippen molar-refractivity contribution in [2.45, 2.75) is 33.0 Å². The van der Waals surface area contributed by atoms with Gasteiger partial charge in [0, 0.05) is 17.7 Å². The van der Waals surface area contributed by atoms with Crippen molar-refractivity contribution in [1.29, 1.82) is 0 Å². The lowest BCUT2D eigenvalue weighted by Crippen LogP contribution is -2.34. The number of imidazole rings is 1. The van der Waals surface area contributed by atoms with E-state index < -0.39 is 22.9 Å². The first kappa shape index (κ1) is 22.2. The van der Waals surface area contributed by atoms with Crippen LogP contribution in [0.4, 0.5) is 17.6 Å². The van der Waals surface area contributed by atoms with Crippen molar-refractivity contribution in [3.05, 3.63) is 45.8 Å². The lowest BCUT2D eigenvalue weighted by molar-refractivity contribution is -0.138. The number of fused-ring (bicyclic) bond motifs is 1. The summed E-state index contributed by atoms with van der Waals surface area (Å²) in [6.45, 7) is 5.72. The van der Waals surface area contributed by atoms with Crippen molar-refractivity contribution in [3.63, 3.8) is 0 Å². The summed E-state index contributed by atoms with van der Waals surface area (Å²) in [6, 6.07) is 3.50. The van der Waals surface area contributed by atoms with Gasteiger partial charge >= 0.3 is 6.18 Å². The molecule has 30 heavy (non-hydrogen) atoms. The van der Waals surface area contributed by atoms with Gasteiger partial charge in [-0.3, -0.25) is 4.79 Å². The first-order valence-corrected chi connectivity index (χ1v) is 10.1. The summed E-state index contributed by atoms with van der Waals surface area (Å²) in [5, 5.41) is 5.32. The topological polar surface area (TPSA) is 59.3 Å². The van der Waals surface area contributed by atoms with Crippen LogP contribution in [-0.4, -0.2) is 26.5 Å². The molecule has 0 aliphatic heterocycles. The van der Waals surface area contributed by atoms with Gasteiger partial charge in [0.1, 0.15) is 11.5 Å². The largest absolute Gasteiger partial charge is 0.445 e. The van der Waals surface area contributed by atoms with Crippen molar-refractivity contribution < 1.29 is 22.4 Å². The Hall–Kier alpha value is -2.46. The van der Waals surface area contributed by atoms with E-state index in [2.05, 4.69) is 15.4 Å². The van der Waals surface area contributed by atoms with E-state index in [0.29, 0.717) is 16.9 Å². The molecule has 1 amide bonds. The van der Waals surface area contributed by atoms with E-state index in [1.165, 1.54) is 18.2 Å². The summed E-state index contributed by atoms with van der Waals surface area (Å²) in [7, 11) is 0. The summed E-state index contributed by atoms with van der Waals surface area (Å²) in [4.78, 5) is 16.4. The first-order chi connectivity index (χ1) is 14.0. The number of benzene rings is 1. The van der Waals surface area contributed by atoms with Crippen LogP contribution in [0.5, 0.6) is 0 Å². The molecule has 0 bridgehead atoms. The summed E-state index contributed by atoms with van der Waals surface area (Å²) < 4.78 is 53.6. The van der Waals surface area contributed by atoms with Crippen molar-refractivity contribution in [2.24, 2.45) is 5.92 Å². The zero-order chi connectivity index (χ0) is 22.2. The van der Waals surface area contributed by atoms with Crippen molar-refractivity contribution in [3.8, 4) is 11.3 Å². The molecule has 0 saturated carbocycles. The highest BCUT2D eigenvalue weighted by Crippen LogP contribution is 2.37. The van der Waals surface area contributed by atoms with E-state index >= 15 is 0 Å². The second-order valence-electron chi connectivity index (χ2n) is 6.94. The Bertz CT molecular complexity index is 1120. The second-order valence-corrected chi connectivity index (χ2v) is 8.31. The molecule has 0 aliphatic rings. The van der Waals surface area contributed by atoms with Gasteiger partial charge < -0.3 is 5.32 Å². The number of hydrogen-bond acceptors (Lipinski definition) is 4. The number of hydrogen-bond donors (Lipinski definition) is 1. The van der Waals surface area contributed by atoms with Crippen LogP contribution in [0.3, 0.4) is 0 Å². The van der Waals surface area contributed by atoms with Crippen LogP contribution in [-0.2, 0) is 11.0 Å². The molecule has 0 saturated heterocycles. The molecule has 0 fully saturated rings. The Labute approximate surface area is 178 Å². The molecule has 160 valence electrons. The van der Waals surface area contributed by atoms with E-state index in [9.17, 15) is 22.4 Å². The predicted octanol–water partition coefficient (Wildman–Crippen LogP) is 5.44. The Morgan fingerprint density at radius 3 is 2.60 bits per heavy atom. The van der Waals surface area contributed by atoms with Gasteiger partial charge in [-0.25, -0.2) is 13.9 Å². The molecule has 2 aromatic heterocycles. The molecule has 2 heterocycles. The van der Waals surface area contributed by atoms with Gasteiger partial charge in [0.2, 0.25) is 15.9 Å². The molecule has 3 rings (SSSR count). The fraction of sp³-hybridized carbons (Fsp3) is 0.316. The average Bonchev–Trinajstić information content (AvgIpc) is 3.18. The number of rotatable bonds is 5. The smallest absolute Gasteiger partial charge is 0.350 e. The number of amides is 1. The molecule has 3 aromatic rings. The van der Waals surface area contributed by atoms with E-state index in [-0.39, 0.29) is 33.3 Å². The summed E-state index contributed by atoms with van der Waals surface area (Å²) in [6.07, 6.45) is -2.13. The van der Waals surface area contributed by atoms with Gasteiger partial charge in [0.15, 0.2) is 0 Å². The fourth-order valence-corrected chi connectivity index (χ4v) is 3.53. The van der Waals surface area contributed by atoms with E-state index in [0.717, 1.165) is 16.6 Å². The molecule has 1 unspecified atom stereocenters. The van der Waals surface area contributed by atoms with E-state index in [1.807, 2.05) is 20.8 Å². The summed E-state index contributed by atoms with van der Waals surface area (Å²) >= 11 is 6.47. The molecule has 0 radical (unpaired) electrons. The minimum absolute atomic E-state index is 0.0318. The van der Waals surface area contributed by atoms with Crippen LogP contribution < -0.4 is 5.32 Å². The Kier molecular flexibility index (Phi) is 6.19. The number of carbonyl (C=O) groups is 1. The highest BCUT2D eigenvalue weighted by Gasteiger charge is 2.36. The zero-order valence-corrected chi connectivity index (χ0v) is 17.7. The minimum atomic E-state index is -4.63. The molecule has 1 N–H and O–H groups in total.